The average Bonchev–Trinajstić information content (AvgIpc) is 1.67. The number of nitriles is 1. The topological polar surface area (TPSA) is 124 Å². The van der Waals surface area contributed by atoms with Gasteiger partial charge in [0.05, 0.1) is 56.5 Å². The Hall–Kier alpha value is -12.3. The van der Waals surface area contributed by atoms with Crippen molar-refractivity contribution in [3.05, 3.63) is 297 Å². The minimum Gasteiger partial charge on any atom is -0.307 e. The lowest BCUT2D eigenvalue weighted by atomic mass is 9.95. The fraction of sp³-hybridized carbons (Fsp3) is 0. The van der Waals surface area contributed by atoms with E-state index in [-0.39, 0.29) is 0 Å². The fourth-order valence-corrected chi connectivity index (χ4v) is 12.1. The van der Waals surface area contributed by atoms with Gasteiger partial charge in [0.1, 0.15) is 0 Å². The van der Waals surface area contributed by atoms with Crippen molar-refractivity contribution < 1.29 is 0 Å². The minimum absolute atomic E-state index is 0.499. The Morgan fingerprint density at radius 3 is 0.909 bits per heavy atom. The van der Waals surface area contributed by atoms with Gasteiger partial charge < -0.3 is 9.13 Å². The first-order valence-electron chi connectivity index (χ1n) is 29.1. The summed E-state index contributed by atoms with van der Waals surface area (Å²) >= 11 is 0. The van der Waals surface area contributed by atoms with Gasteiger partial charge in [0.15, 0.2) is 34.9 Å². The molecule has 0 radical (unpaired) electrons. The van der Waals surface area contributed by atoms with Crippen molar-refractivity contribution >= 4 is 43.6 Å². The standard InChI is InChI=1S/C78H48N10/c79-49-59-47-71(87-67-37-21-19-35-60(67)63-43-56(39-41-69(63)87)77-83-73(52-27-11-3-12-28-52)81-74(84-77)53-29-13-4-14-30-53)72(48-62(59)58-45-65(50-23-7-1-8-24-50)80-66(46-58)51-25-9-2-10-26-51)88-68-38-22-20-36-61(68)64-44-57(40-42-70(64)88)78-85-75(54-31-15-5-16-32-54)82-76(86-78)55-33-17-6-18-34-55/h1-48H. The lowest BCUT2D eigenvalue weighted by Gasteiger charge is -2.20. The van der Waals surface area contributed by atoms with Crippen LogP contribution in [0.15, 0.2) is 291 Å². The number of hydrogen-bond acceptors (Lipinski definition) is 8. The summed E-state index contributed by atoms with van der Waals surface area (Å²) in [6, 6.07) is 102. The number of rotatable bonds is 11. The molecule has 0 atom stereocenters. The summed E-state index contributed by atoms with van der Waals surface area (Å²) in [7, 11) is 0. The van der Waals surface area contributed by atoms with Crippen molar-refractivity contribution in [2.45, 2.75) is 0 Å². The molecule has 0 spiro atoms. The van der Waals surface area contributed by atoms with Gasteiger partial charge in [-0.25, -0.2) is 34.9 Å². The van der Waals surface area contributed by atoms with Crippen molar-refractivity contribution in [3.63, 3.8) is 0 Å². The number of aromatic nitrogens is 9. The predicted octanol–water partition coefficient (Wildman–Crippen LogP) is 18.5. The van der Waals surface area contributed by atoms with Crippen molar-refractivity contribution in [3.8, 4) is 119 Å². The molecular weight excluding hydrogens is 1080 g/mol. The molecule has 0 aliphatic heterocycles. The van der Waals surface area contributed by atoms with E-state index in [1.807, 2.05) is 158 Å². The molecule has 5 heterocycles. The highest BCUT2D eigenvalue weighted by Crippen LogP contribution is 2.44. The Morgan fingerprint density at radius 1 is 0.239 bits per heavy atom. The highest BCUT2D eigenvalue weighted by Gasteiger charge is 2.25. The minimum atomic E-state index is 0.499. The molecule has 10 nitrogen and oxygen atoms in total. The quantitative estimate of drug-likeness (QED) is 0.125. The molecular formula is C78H48N10. The molecule has 0 bridgehead atoms. The van der Waals surface area contributed by atoms with E-state index in [1.54, 1.807) is 0 Å². The van der Waals surface area contributed by atoms with Crippen LogP contribution in [0.3, 0.4) is 0 Å². The van der Waals surface area contributed by atoms with Gasteiger partial charge in [0.25, 0.3) is 0 Å². The summed E-state index contributed by atoms with van der Waals surface area (Å²) < 4.78 is 4.65. The maximum absolute atomic E-state index is 11.6. The summed E-state index contributed by atoms with van der Waals surface area (Å²) in [4.78, 5) is 35.9. The van der Waals surface area contributed by atoms with Crippen LogP contribution in [0.5, 0.6) is 0 Å². The van der Waals surface area contributed by atoms with Crippen LogP contribution in [-0.4, -0.2) is 44.0 Å². The summed E-state index contributed by atoms with van der Waals surface area (Å²) in [6.45, 7) is 0. The molecule has 88 heavy (non-hydrogen) atoms. The first-order valence-corrected chi connectivity index (χ1v) is 29.1. The number of para-hydroxylation sites is 2. The third-order valence-electron chi connectivity index (χ3n) is 16.3. The molecule has 0 saturated heterocycles. The Balaban J connectivity index is 0.953. The molecule has 16 rings (SSSR count). The third-order valence-corrected chi connectivity index (χ3v) is 16.3. The number of nitrogens with zero attached hydrogens (tertiary/aromatic N) is 10. The molecule has 0 fully saturated rings. The van der Waals surface area contributed by atoms with E-state index < -0.39 is 0 Å². The van der Waals surface area contributed by atoms with Gasteiger partial charge in [-0.1, -0.05) is 218 Å². The molecule has 0 saturated carbocycles. The van der Waals surface area contributed by atoms with Crippen LogP contribution in [0.2, 0.25) is 0 Å². The van der Waals surface area contributed by atoms with E-state index in [2.05, 4.69) is 149 Å². The Labute approximate surface area is 506 Å². The van der Waals surface area contributed by atoms with Gasteiger partial charge in [-0.15, -0.1) is 0 Å². The molecule has 0 amide bonds. The van der Waals surface area contributed by atoms with Gasteiger partial charge >= 0.3 is 0 Å². The second-order valence-electron chi connectivity index (χ2n) is 21.6. The second kappa shape index (κ2) is 21.7. The lowest BCUT2D eigenvalue weighted by molar-refractivity contribution is 1.07. The monoisotopic (exact) mass is 1120 g/mol. The highest BCUT2D eigenvalue weighted by atomic mass is 15.1. The summed E-state index contributed by atoms with van der Waals surface area (Å²) in [5.74, 6) is 3.46. The molecule has 11 aromatic carbocycles. The van der Waals surface area contributed by atoms with E-state index in [9.17, 15) is 5.26 Å². The van der Waals surface area contributed by atoms with Crippen molar-refractivity contribution in [2.75, 3.05) is 0 Å². The van der Waals surface area contributed by atoms with Crippen molar-refractivity contribution in [2.24, 2.45) is 0 Å². The second-order valence-corrected chi connectivity index (χ2v) is 21.6. The van der Waals surface area contributed by atoms with E-state index >= 15 is 0 Å². The smallest absolute Gasteiger partial charge is 0.164 e. The molecule has 10 heteroatoms. The van der Waals surface area contributed by atoms with Crippen LogP contribution in [0.4, 0.5) is 0 Å². The first-order chi connectivity index (χ1) is 43.6. The van der Waals surface area contributed by atoms with E-state index in [1.165, 1.54) is 0 Å². The van der Waals surface area contributed by atoms with Gasteiger partial charge in [-0.3, -0.25) is 0 Å². The van der Waals surface area contributed by atoms with Gasteiger partial charge in [0, 0.05) is 71.6 Å². The zero-order valence-electron chi connectivity index (χ0n) is 47.2. The number of fused-ring (bicyclic) bond motifs is 6. The largest absolute Gasteiger partial charge is 0.307 e. The van der Waals surface area contributed by atoms with E-state index in [4.69, 9.17) is 34.9 Å². The molecule has 0 unspecified atom stereocenters. The Morgan fingerprint density at radius 2 is 0.545 bits per heavy atom. The number of pyridine rings is 1. The van der Waals surface area contributed by atoms with Gasteiger partial charge in [0.2, 0.25) is 0 Å². The van der Waals surface area contributed by atoms with Crippen LogP contribution >= 0.6 is 0 Å². The molecule has 410 valence electrons. The number of hydrogen-bond donors (Lipinski definition) is 0. The SMILES string of the molecule is N#Cc1cc(-n2c3ccccc3c3cc(-c4nc(-c5ccccc5)nc(-c5ccccc5)n4)ccc32)c(-n2c3ccccc3c3cc(-c4nc(-c5ccccc5)nc(-c5ccccc5)n4)ccc32)cc1-c1cc(-c2ccccc2)nc(-c2ccccc2)c1. The average molecular weight is 1130 g/mol. The number of benzene rings is 11. The Kier molecular flexibility index (Phi) is 12.7. The van der Waals surface area contributed by atoms with Crippen LogP contribution in [-0.2, 0) is 0 Å². The zero-order chi connectivity index (χ0) is 58.5. The molecule has 0 N–H and O–H groups in total. The maximum atomic E-state index is 11.6. The van der Waals surface area contributed by atoms with Crippen LogP contribution < -0.4 is 0 Å². The molecule has 5 aromatic heterocycles. The van der Waals surface area contributed by atoms with Gasteiger partial charge in [-0.05, 0) is 78.4 Å². The molecule has 16 aromatic rings. The van der Waals surface area contributed by atoms with E-state index in [0.717, 1.165) is 122 Å². The summed E-state index contributed by atoms with van der Waals surface area (Å²) in [6.07, 6.45) is 0. The van der Waals surface area contributed by atoms with Crippen molar-refractivity contribution in [1.82, 2.24) is 44.0 Å². The highest BCUT2D eigenvalue weighted by molar-refractivity contribution is 6.13. The van der Waals surface area contributed by atoms with Crippen molar-refractivity contribution in [1.29, 1.82) is 5.26 Å². The summed E-state index contributed by atoms with van der Waals surface area (Å²) in [5, 5.41) is 15.7. The molecule has 0 aliphatic rings. The third kappa shape index (κ3) is 9.20. The normalized spacial score (nSPS) is 11.4. The first kappa shape index (κ1) is 51.3. The van der Waals surface area contributed by atoms with Gasteiger partial charge in [-0.2, -0.15) is 5.26 Å². The summed E-state index contributed by atoms with van der Waals surface area (Å²) in [5.41, 5.74) is 16.4. The zero-order valence-corrected chi connectivity index (χ0v) is 47.2. The maximum Gasteiger partial charge on any atom is 0.164 e. The predicted molar refractivity (Wildman–Crippen MR) is 353 cm³/mol. The van der Waals surface area contributed by atoms with Crippen LogP contribution in [0.25, 0.3) is 157 Å². The van der Waals surface area contributed by atoms with E-state index in [0.29, 0.717) is 40.5 Å². The Bertz CT molecular complexity index is 5200. The van der Waals surface area contributed by atoms with Crippen LogP contribution in [0.1, 0.15) is 5.56 Å². The lowest BCUT2D eigenvalue weighted by Crippen LogP contribution is -2.06. The molecule has 0 aliphatic carbocycles. The van der Waals surface area contributed by atoms with Crippen LogP contribution in [0, 0.1) is 11.3 Å². The fourth-order valence-electron chi connectivity index (χ4n) is 12.1.